The van der Waals surface area contributed by atoms with Crippen molar-refractivity contribution in [3.05, 3.63) is 41.3 Å². The van der Waals surface area contributed by atoms with Gasteiger partial charge in [-0.25, -0.2) is 9.78 Å². The van der Waals surface area contributed by atoms with Crippen molar-refractivity contribution in [2.45, 2.75) is 6.92 Å². The minimum absolute atomic E-state index is 0.175. The van der Waals surface area contributed by atoms with Crippen molar-refractivity contribution in [1.29, 1.82) is 0 Å². The summed E-state index contributed by atoms with van der Waals surface area (Å²) < 4.78 is 6.02. The first kappa shape index (κ1) is 13.9. The third kappa shape index (κ3) is 3.01. The average molecular weight is 317 g/mol. The number of Topliss-reactive ketones (excluding diaryl/α,β-unsaturated/α-hetero) is 1. The van der Waals surface area contributed by atoms with Crippen LogP contribution in [0.2, 0.25) is 0 Å². The van der Waals surface area contributed by atoms with E-state index < -0.39 is 5.97 Å². The number of thiazole rings is 1. The van der Waals surface area contributed by atoms with Crippen LogP contribution in [0.1, 0.15) is 16.6 Å². The van der Waals surface area contributed by atoms with Crippen LogP contribution in [0, 0.1) is 0 Å². The molecule has 21 heavy (non-hydrogen) atoms. The summed E-state index contributed by atoms with van der Waals surface area (Å²) in [7, 11) is 0. The van der Waals surface area contributed by atoms with Crippen molar-refractivity contribution in [2.75, 3.05) is 6.61 Å². The van der Waals surface area contributed by atoms with Crippen molar-refractivity contribution in [1.82, 2.24) is 4.98 Å². The van der Waals surface area contributed by atoms with Crippen LogP contribution in [0.5, 0.6) is 0 Å². The monoisotopic (exact) mass is 317 g/mol. The summed E-state index contributed by atoms with van der Waals surface area (Å²) in [4.78, 5) is 28.6. The van der Waals surface area contributed by atoms with Gasteiger partial charge in [-0.2, -0.15) is 0 Å². The number of fused-ring (bicyclic) bond motifs is 1. The Morgan fingerprint density at radius 1 is 1.14 bits per heavy atom. The minimum Gasteiger partial charge on any atom is -0.454 e. The predicted octanol–water partition coefficient (Wildman–Crippen LogP) is 3.77. The number of carbonyl (C=O) groups is 2. The van der Waals surface area contributed by atoms with Gasteiger partial charge in [-0.1, -0.05) is 12.1 Å². The maximum absolute atomic E-state index is 11.8. The predicted molar refractivity (Wildman–Crippen MR) is 83.9 cm³/mol. The molecule has 2 heterocycles. The highest BCUT2D eigenvalue weighted by Crippen LogP contribution is 2.34. The van der Waals surface area contributed by atoms with Crippen LogP contribution in [0.15, 0.2) is 36.4 Å². The Labute approximate surface area is 129 Å². The fourth-order valence-electron chi connectivity index (χ4n) is 1.78. The second-order valence-corrected chi connectivity index (χ2v) is 6.54. The van der Waals surface area contributed by atoms with Gasteiger partial charge in [-0.15, -0.1) is 22.7 Å². The summed E-state index contributed by atoms with van der Waals surface area (Å²) in [6.07, 6.45) is 0. The van der Waals surface area contributed by atoms with Crippen LogP contribution in [-0.4, -0.2) is 23.3 Å². The molecule has 0 saturated heterocycles. The highest BCUT2D eigenvalue weighted by atomic mass is 32.1. The van der Waals surface area contributed by atoms with E-state index in [4.69, 9.17) is 4.74 Å². The van der Waals surface area contributed by atoms with Gasteiger partial charge in [0.05, 0.1) is 15.1 Å². The van der Waals surface area contributed by atoms with Gasteiger partial charge < -0.3 is 4.74 Å². The van der Waals surface area contributed by atoms with Gasteiger partial charge in [0, 0.05) is 0 Å². The molecule has 0 aliphatic rings. The SMILES string of the molecule is CC(=O)COC(=O)c1ccc(-c2nc3ccccc3s2)s1. The number of rotatable bonds is 4. The van der Waals surface area contributed by atoms with Crippen LogP contribution in [0.25, 0.3) is 20.1 Å². The number of nitrogens with zero attached hydrogens (tertiary/aromatic N) is 1. The average Bonchev–Trinajstić information content (AvgIpc) is 3.10. The zero-order valence-corrected chi connectivity index (χ0v) is 12.8. The lowest BCUT2D eigenvalue weighted by Crippen LogP contribution is -2.09. The molecule has 0 saturated carbocycles. The van der Waals surface area contributed by atoms with Crippen LogP contribution >= 0.6 is 22.7 Å². The van der Waals surface area contributed by atoms with E-state index in [0.717, 1.165) is 20.1 Å². The largest absolute Gasteiger partial charge is 0.454 e. The van der Waals surface area contributed by atoms with E-state index >= 15 is 0 Å². The van der Waals surface area contributed by atoms with Crippen molar-refractivity contribution in [3.8, 4) is 9.88 Å². The lowest BCUT2D eigenvalue weighted by Gasteiger charge is -1.98. The van der Waals surface area contributed by atoms with Crippen molar-refractivity contribution >= 4 is 44.6 Å². The molecule has 0 aliphatic carbocycles. The first-order chi connectivity index (χ1) is 10.1. The molecule has 106 valence electrons. The number of benzene rings is 1. The van der Waals surface area contributed by atoms with Gasteiger partial charge in [0.1, 0.15) is 16.5 Å². The number of para-hydroxylation sites is 1. The number of thiophene rings is 1. The molecule has 3 rings (SSSR count). The Morgan fingerprint density at radius 3 is 2.71 bits per heavy atom. The van der Waals surface area contributed by atoms with E-state index in [1.54, 1.807) is 17.4 Å². The molecule has 3 aromatic rings. The van der Waals surface area contributed by atoms with E-state index in [1.165, 1.54) is 18.3 Å². The molecule has 0 bridgehead atoms. The summed E-state index contributed by atoms with van der Waals surface area (Å²) >= 11 is 2.91. The number of hydrogen-bond donors (Lipinski definition) is 0. The van der Waals surface area contributed by atoms with Gasteiger partial charge >= 0.3 is 5.97 Å². The molecule has 0 radical (unpaired) electrons. The zero-order valence-electron chi connectivity index (χ0n) is 11.2. The molecule has 0 atom stereocenters. The molecule has 0 unspecified atom stereocenters. The topological polar surface area (TPSA) is 56.3 Å². The molecular formula is C15H11NO3S2. The highest BCUT2D eigenvalue weighted by Gasteiger charge is 2.14. The highest BCUT2D eigenvalue weighted by molar-refractivity contribution is 7.26. The fraction of sp³-hybridized carbons (Fsp3) is 0.133. The number of aromatic nitrogens is 1. The number of hydrogen-bond acceptors (Lipinski definition) is 6. The summed E-state index contributed by atoms with van der Waals surface area (Å²) in [5, 5.41) is 0.881. The maximum atomic E-state index is 11.8. The summed E-state index contributed by atoms with van der Waals surface area (Å²) in [5.41, 5.74) is 0.951. The molecule has 0 fully saturated rings. The standard InChI is InChI=1S/C15H11NO3S2/c1-9(17)8-19-15(18)13-7-6-12(20-13)14-16-10-4-2-3-5-11(10)21-14/h2-7H,8H2,1H3. The normalized spacial score (nSPS) is 10.7. The lowest BCUT2D eigenvalue weighted by molar-refractivity contribution is -0.120. The van der Waals surface area contributed by atoms with Gasteiger partial charge in [0.25, 0.3) is 0 Å². The van der Waals surface area contributed by atoms with Crippen LogP contribution in [-0.2, 0) is 9.53 Å². The lowest BCUT2D eigenvalue weighted by atomic mass is 10.3. The molecular weight excluding hydrogens is 306 g/mol. The van der Waals surface area contributed by atoms with Crippen LogP contribution < -0.4 is 0 Å². The van der Waals surface area contributed by atoms with Crippen molar-refractivity contribution in [3.63, 3.8) is 0 Å². The van der Waals surface area contributed by atoms with Crippen molar-refractivity contribution < 1.29 is 14.3 Å². The number of esters is 1. The fourth-order valence-corrected chi connectivity index (χ4v) is 3.70. The Bertz CT molecular complexity index is 786. The smallest absolute Gasteiger partial charge is 0.348 e. The molecule has 1 aromatic carbocycles. The van der Waals surface area contributed by atoms with E-state index in [2.05, 4.69) is 4.98 Å². The molecule has 0 amide bonds. The molecule has 0 aliphatic heterocycles. The second kappa shape index (κ2) is 5.75. The Kier molecular flexibility index (Phi) is 3.81. The maximum Gasteiger partial charge on any atom is 0.348 e. The quantitative estimate of drug-likeness (QED) is 0.687. The van der Waals surface area contributed by atoms with Gasteiger partial charge in [0.2, 0.25) is 0 Å². The Balaban J connectivity index is 1.84. The van der Waals surface area contributed by atoms with E-state index in [9.17, 15) is 9.59 Å². The van der Waals surface area contributed by atoms with E-state index in [0.29, 0.717) is 4.88 Å². The zero-order chi connectivity index (χ0) is 14.8. The van der Waals surface area contributed by atoms with E-state index in [1.807, 2.05) is 30.3 Å². The van der Waals surface area contributed by atoms with Gasteiger partial charge in [-0.3, -0.25) is 4.79 Å². The first-order valence-electron chi connectivity index (χ1n) is 6.26. The number of carbonyl (C=O) groups excluding carboxylic acids is 2. The molecule has 4 nitrogen and oxygen atoms in total. The summed E-state index contributed by atoms with van der Waals surface area (Å²) in [5.74, 6) is -0.645. The van der Waals surface area contributed by atoms with Crippen LogP contribution in [0.4, 0.5) is 0 Å². The Hall–Kier alpha value is -2.05. The number of ether oxygens (including phenoxy) is 1. The molecule has 0 N–H and O–H groups in total. The Morgan fingerprint density at radius 2 is 1.95 bits per heavy atom. The van der Waals surface area contributed by atoms with Crippen LogP contribution in [0.3, 0.4) is 0 Å². The third-order valence-corrected chi connectivity index (χ3v) is 4.99. The molecule has 0 spiro atoms. The first-order valence-corrected chi connectivity index (χ1v) is 7.89. The van der Waals surface area contributed by atoms with Crippen molar-refractivity contribution in [2.24, 2.45) is 0 Å². The van der Waals surface area contributed by atoms with Gasteiger partial charge in [0.15, 0.2) is 5.78 Å². The molecule has 2 aromatic heterocycles. The molecule has 6 heteroatoms. The van der Waals surface area contributed by atoms with Gasteiger partial charge in [-0.05, 0) is 31.2 Å². The number of ketones is 1. The summed E-state index contributed by atoms with van der Waals surface area (Å²) in [6.45, 7) is 1.20. The summed E-state index contributed by atoms with van der Waals surface area (Å²) in [6, 6.07) is 11.5. The van der Waals surface area contributed by atoms with E-state index in [-0.39, 0.29) is 12.4 Å². The minimum atomic E-state index is -0.470. The third-order valence-electron chi connectivity index (χ3n) is 2.72. The second-order valence-electron chi connectivity index (χ2n) is 4.43.